The van der Waals surface area contributed by atoms with E-state index in [-0.39, 0.29) is 11.1 Å². The number of hydrogen-bond donors (Lipinski definition) is 1. The molecule has 1 saturated carbocycles. The second-order valence-electron chi connectivity index (χ2n) is 10.4. The minimum Gasteiger partial charge on any atom is -0.378 e. The molecule has 3 aliphatic rings. The van der Waals surface area contributed by atoms with Gasteiger partial charge in [-0.15, -0.1) is 5.10 Å². The zero-order valence-corrected chi connectivity index (χ0v) is 21.6. The summed E-state index contributed by atoms with van der Waals surface area (Å²) >= 11 is 6.09. The van der Waals surface area contributed by atoms with Gasteiger partial charge < -0.3 is 5.32 Å². The Labute approximate surface area is 217 Å². The molecular formula is C29H33ClFN5. The third-order valence-corrected chi connectivity index (χ3v) is 8.47. The largest absolute Gasteiger partial charge is 0.378 e. The van der Waals surface area contributed by atoms with Crippen LogP contribution in [-0.4, -0.2) is 39.0 Å². The summed E-state index contributed by atoms with van der Waals surface area (Å²) in [5, 5.41) is 12.5. The summed E-state index contributed by atoms with van der Waals surface area (Å²) in [5.74, 6) is -0.404. The summed E-state index contributed by atoms with van der Waals surface area (Å²) in [6, 6.07) is 12.5. The van der Waals surface area contributed by atoms with Gasteiger partial charge in [0.05, 0.1) is 22.5 Å². The molecule has 0 radical (unpaired) electrons. The van der Waals surface area contributed by atoms with Crippen molar-refractivity contribution in [3.05, 3.63) is 70.1 Å². The summed E-state index contributed by atoms with van der Waals surface area (Å²) in [6.07, 6.45) is 11.2. The van der Waals surface area contributed by atoms with Crippen molar-refractivity contribution in [3.63, 3.8) is 0 Å². The molecule has 188 valence electrons. The minimum absolute atomic E-state index is 0.0468. The maximum atomic E-state index is 13.8. The molecule has 6 rings (SSSR count). The summed E-state index contributed by atoms with van der Waals surface area (Å²) in [6.45, 7) is 4.96. The quantitative estimate of drug-likeness (QED) is 0.413. The van der Waals surface area contributed by atoms with Crippen LogP contribution in [0.5, 0.6) is 0 Å². The highest BCUT2D eigenvalue weighted by molar-refractivity contribution is 6.31. The highest BCUT2D eigenvalue weighted by Gasteiger charge is 2.27. The lowest BCUT2D eigenvalue weighted by Crippen LogP contribution is -2.39. The molecule has 7 heteroatoms. The Kier molecular flexibility index (Phi) is 6.57. The Bertz CT molecular complexity index is 1290. The molecule has 36 heavy (non-hydrogen) atoms. The molecule has 1 aliphatic carbocycles. The monoisotopic (exact) mass is 505 g/mol. The van der Waals surface area contributed by atoms with Crippen LogP contribution in [0.2, 0.25) is 5.02 Å². The third-order valence-electron chi connectivity index (χ3n) is 8.18. The fraction of sp³-hybridized carbons (Fsp3) is 0.448. The van der Waals surface area contributed by atoms with Gasteiger partial charge >= 0.3 is 0 Å². The van der Waals surface area contributed by atoms with Crippen LogP contribution in [0.15, 0.2) is 42.5 Å². The molecule has 0 spiro atoms. The maximum Gasteiger partial charge on any atom is 0.141 e. The predicted molar refractivity (Wildman–Crippen MR) is 144 cm³/mol. The molecule has 1 N–H and O–H groups in total. The molecular weight excluding hydrogens is 473 g/mol. The number of nitrogens with one attached hydrogen (secondary N) is 1. The lowest BCUT2D eigenvalue weighted by atomic mass is 9.89. The smallest absolute Gasteiger partial charge is 0.141 e. The molecule has 1 atom stereocenters. The van der Waals surface area contributed by atoms with E-state index in [9.17, 15) is 4.39 Å². The van der Waals surface area contributed by atoms with E-state index in [0.717, 1.165) is 61.2 Å². The van der Waals surface area contributed by atoms with Crippen LogP contribution in [0, 0.1) is 12.7 Å². The SMILES string of the molecule is Cc1nnn2c1-c1ccc(C3=CCN(C4CCCCC4)CC3)cc1C(Nc1ccc(F)c(Cl)c1)CC2. The maximum absolute atomic E-state index is 13.8. The number of halogens is 2. The predicted octanol–water partition coefficient (Wildman–Crippen LogP) is 7.02. The second-order valence-corrected chi connectivity index (χ2v) is 10.8. The topological polar surface area (TPSA) is 46.0 Å². The van der Waals surface area contributed by atoms with Gasteiger partial charge in [0.2, 0.25) is 0 Å². The number of hydrogen-bond acceptors (Lipinski definition) is 4. The average molecular weight is 506 g/mol. The van der Waals surface area contributed by atoms with Gasteiger partial charge in [0.25, 0.3) is 0 Å². The summed E-state index contributed by atoms with van der Waals surface area (Å²) in [4.78, 5) is 2.68. The van der Waals surface area contributed by atoms with Gasteiger partial charge in [-0.1, -0.05) is 54.3 Å². The van der Waals surface area contributed by atoms with Crippen LogP contribution in [0.1, 0.15) is 67.8 Å². The van der Waals surface area contributed by atoms with Gasteiger partial charge in [-0.25, -0.2) is 9.07 Å². The van der Waals surface area contributed by atoms with Crippen LogP contribution in [0.3, 0.4) is 0 Å². The standard InChI is InChI=1S/C29H33ClFN5/c1-19-29-24-9-7-21(20-11-14-35(15-12-20)23-5-3-2-4-6-23)17-25(24)28(13-16-36(29)34-33-19)32-22-8-10-27(31)26(30)18-22/h7-11,17-18,23,28,32H,2-6,12-16H2,1H3. The third kappa shape index (κ3) is 4.57. The number of nitrogens with zero attached hydrogens (tertiary/aromatic N) is 4. The van der Waals surface area contributed by atoms with Gasteiger partial charge in [0.15, 0.2) is 0 Å². The summed E-state index contributed by atoms with van der Waals surface area (Å²) < 4.78 is 15.8. The molecule has 2 aromatic carbocycles. The van der Waals surface area contributed by atoms with Gasteiger partial charge in [-0.05, 0) is 73.6 Å². The van der Waals surface area contributed by atoms with Gasteiger partial charge in [-0.3, -0.25) is 4.90 Å². The molecule has 1 aromatic heterocycles. The molecule has 1 unspecified atom stereocenters. The zero-order chi connectivity index (χ0) is 24.6. The first-order valence-electron chi connectivity index (χ1n) is 13.3. The molecule has 0 saturated heterocycles. The number of aryl methyl sites for hydroxylation is 2. The highest BCUT2D eigenvalue weighted by atomic mass is 35.5. The molecule has 2 aliphatic heterocycles. The van der Waals surface area contributed by atoms with E-state index in [1.54, 1.807) is 12.1 Å². The fourth-order valence-electron chi connectivity index (χ4n) is 6.23. The van der Waals surface area contributed by atoms with Crippen molar-refractivity contribution in [3.8, 4) is 11.3 Å². The van der Waals surface area contributed by atoms with E-state index in [1.165, 1.54) is 54.9 Å². The molecule has 0 bridgehead atoms. The molecule has 3 heterocycles. The summed E-state index contributed by atoms with van der Waals surface area (Å²) in [7, 11) is 0. The number of rotatable bonds is 4. The Morgan fingerprint density at radius 1 is 1.03 bits per heavy atom. The molecule has 3 aromatic rings. The average Bonchev–Trinajstić information content (AvgIpc) is 3.21. The number of aromatic nitrogens is 3. The zero-order valence-electron chi connectivity index (χ0n) is 20.8. The minimum atomic E-state index is -0.404. The van der Waals surface area contributed by atoms with E-state index in [4.69, 9.17) is 11.6 Å². The Morgan fingerprint density at radius 2 is 1.89 bits per heavy atom. The van der Waals surface area contributed by atoms with Crippen molar-refractivity contribution in [2.75, 3.05) is 18.4 Å². The van der Waals surface area contributed by atoms with Crippen LogP contribution < -0.4 is 5.32 Å². The first-order valence-corrected chi connectivity index (χ1v) is 13.6. The lowest BCUT2D eigenvalue weighted by molar-refractivity contribution is 0.171. The first kappa shape index (κ1) is 23.7. The van der Waals surface area contributed by atoms with Crippen LogP contribution in [-0.2, 0) is 6.54 Å². The van der Waals surface area contributed by atoms with Crippen molar-refractivity contribution < 1.29 is 4.39 Å². The van der Waals surface area contributed by atoms with E-state index < -0.39 is 5.82 Å². The van der Waals surface area contributed by atoms with Crippen LogP contribution in [0.4, 0.5) is 10.1 Å². The van der Waals surface area contributed by atoms with Crippen molar-refractivity contribution in [1.82, 2.24) is 19.9 Å². The van der Waals surface area contributed by atoms with E-state index in [2.05, 4.69) is 44.8 Å². The Balaban J connectivity index is 1.33. The van der Waals surface area contributed by atoms with Gasteiger partial charge in [0.1, 0.15) is 5.82 Å². The van der Waals surface area contributed by atoms with E-state index in [0.29, 0.717) is 0 Å². The highest BCUT2D eigenvalue weighted by Crippen LogP contribution is 2.39. The number of anilines is 1. The second kappa shape index (κ2) is 9.98. The van der Waals surface area contributed by atoms with Crippen molar-refractivity contribution >= 4 is 22.9 Å². The van der Waals surface area contributed by atoms with Crippen LogP contribution in [0.25, 0.3) is 16.8 Å². The van der Waals surface area contributed by atoms with E-state index >= 15 is 0 Å². The van der Waals surface area contributed by atoms with Crippen molar-refractivity contribution in [1.29, 1.82) is 0 Å². The van der Waals surface area contributed by atoms with Crippen LogP contribution >= 0.6 is 11.6 Å². The lowest BCUT2D eigenvalue weighted by Gasteiger charge is -2.36. The first-order chi connectivity index (χ1) is 17.6. The molecule has 0 amide bonds. The van der Waals surface area contributed by atoms with Crippen molar-refractivity contribution in [2.45, 2.75) is 70.5 Å². The van der Waals surface area contributed by atoms with Crippen molar-refractivity contribution in [2.24, 2.45) is 0 Å². The number of fused-ring (bicyclic) bond motifs is 3. The van der Waals surface area contributed by atoms with E-state index in [1.807, 2.05) is 11.6 Å². The van der Waals surface area contributed by atoms with Gasteiger partial charge in [-0.2, -0.15) is 0 Å². The molecule has 5 nitrogen and oxygen atoms in total. The fourth-order valence-corrected chi connectivity index (χ4v) is 6.41. The van der Waals surface area contributed by atoms with Gasteiger partial charge in [0, 0.05) is 36.9 Å². The molecule has 1 fully saturated rings. The Morgan fingerprint density at radius 3 is 2.67 bits per heavy atom. The summed E-state index contributed by atoms with van der Waals surface area (Å²) in [5.41, 5.74) is 7.95. The number of benzene rings is 2. The normalized spacial score (nSPS) is 20.9. The Hall–Kier alpha value is -2.70.